The molecule has 0 saturated carbocycles. The third-order valence-corrected chi connectivity index (χ3v) is 5.31. The Morgan fingerprint density at radius 3 is 2.48 bits per heavy atom. The van der Waals surface area contributed by atoms with Gasteiger partial charge in [-0.2, -0.15) is 5.10 Å². The van der Waals surface area contributed by atoms with Crippen LogP contribution < -0.4 is 24.8 Å². The van der Waals surface area contributed by atoms with Crippen molar-refractivity contribution in [2.45, 2.75) is 45.4 Å². The molecule has 1 unspecified atom stereocenters. The van der Waals surface area contributed by atoms with Crippen LogP contribution in [0.4, 0.5) is 0 Å². The fraction of sp³-hybridized carbons (Fsp3) is 0.591. The summed E-state index contributed by atoms with van der Waals surface area (Å²) in [6.07, 6.45) is 2.51. The maximum Gasteiger partial charge on any atom is 0.191 e. The molecule has 2 heterocycles. The predicted molar refractivity (Wildman–Crippen MR) is 137 cm³/mol. The quantitative estimate of drug-likeness (QED) is 0.253. The number of aryl methyl sites for hydroxylation is 1. The normalized spacial score (nSPS) is 15.3. The van der Waals surface area contributed by atoms with Crippen molar-refractivity contribution < 1.29 is 18.9 Å². The van der Waals surface area contributed by atoms with Gasteiger partial charge in [-0.15, -0.1) is 24.0 Å². The van der Waals surface area contributed by atoms with Crippen molar-refractivity contribution in [3.63, 3.8) is 0 Å². The first-order chi connectivity index (χ1) is 15.6. The number of hydrogen-bond donors (Lipinski definition) is 2. The van der Waals surface area contributed by atoms with Gasteiger partial charge in [-0.3, -0.25) is 4.99 Å². The van der Waals surface area contributed by atoms with Crippen LogP contribution in [-0.2, 0) is 30.7 Å². The van der Waals surface area contributed by atoms with Crippen LogP contribution >= 0.6 is 24.0 Å². The van der Waals surface area contributed by atoms with Gasteiger partial charge in [0.25, 0.3) is 0 Å². The molecule has 1 aliphatic heterocycles. The number of guanidine groups is 1. The van der Waals surface area contributed by atoms with E-state index in [-0.39, 0.29) is 30.0 Å². The highest BCUT2D eigenvalue weighted by Gasteiger charge is 2.22. The van der Waals surface area contributed by atoms with Gasteiger partial charge in [0.05, 0.1) is 27.9 Å². The van der Waals surface area contributed by atoms with Gasteiger partial charge >= 0.3 is 0 Å². The first kappa shape index (κ1) is 27.0. The fourth-order valence-electron chi connectivity index (χ4n) is 3.79. The van der Waals surface area contributed by atoms with Crippen LogP contribution in [0.3, 0.4) is 0 Å². The van der Waals surface area contributed by atoms with E-state index in [0.29, 0.717) is 25.3 Å². The van der Waals surface area contributed by atoms with Crippen LogP contribution in [0.15, 0.2) is 17.1 Å². The zero-order valence-corrected chi connectivity index (χ0v) is 22.3. The number of aromatic nitrogens is 3. The van der Waals surface area contributed by atoms with Crippen LogP contribution in [0.25, 0.3) is 0 Å². The minimum Gasteiger partial charge on any atom is -0.496 e. The van der Waals surface area contributed by atoms with Crippen molar-refractivity contribution in [3.8, 4) is 17.2 Å². The highest BCUT2D eigenvalue weighted by atomic mass is 127. The summed E-state index contributed by atoms with van der Waals surface area (Å²) in [6, 6.07) is 3.95. The second-order valence-corrected chi connectivity index (χ2v) is 7.46. The van der Waals surface area contributed by atoms with Crippen LogP contribution in [-0.4, -0.2) is 68.3 Å². The molecule has 10 nitrogen and oxygen atoms in total. The summed E-state index contributed by atoms with van der Waals surface area (Å²) < 4.78 is 23.5. The summed E-state index contributed by atoms with van der Waals surface area (Å²) in [4.78, 5) is 9.31. The smallest absolute Gasteiger partial charge is 0.191 e. The molecule has 3 rings (SSSR count). The molecule has 1 atom stereocenters. The Morgan fingerprint density at radius 2 is 1.88 bits per heavy atom. The molecule has 33 heavy (non-hydrogen) atoms. The molecule has 0 fully saturated rings. The average Bonchev–Trinajstić information content (AvgIpc) is 3.20. The Bertz CT molecular complexity index is 895. The first-order valence-corrected chi connectivity index (χ1v) is 10.9. The van der Waals surface area contributed by atoms with Gasteiger partial charge in [0.2, 0.25) is 0 Å². The molecule has 1 aromatic heterocycles. The topological polar surface area (TPSA) is 104 Å². The van der Waals surface area contributed by atoms with Crippen LogP contribution in [0, 0.1) is 0 Å². The Morgan fingerprint density at radius 1 is 1.15 bits per heavy atom. The summed E-state index contributed by atoms with van der Waals surface area (Å²) >= 11 is 0. The molecule has 0 aliphatic carbocycles. The van der Waals surface area contributed by atoms with Gasteiger partial charge in [-0.1, -0.05) is 0 Å². The molecule has 11 heteroatoms. The molecular weight excluding hydrogens is 539 g/mol. The minimum atomic E-state index is 0. The zero-order valence-electron chi connectivity index (χ0n) is 20.0. The lowest BCUT2D eigenvalue weighted by atomic mass is 10.1. The molecule has 184 valence electrons. The largest absolute Gasteiger partial charge is 0.496 e. The molecule has 0 amide bonds. The Labute approximate surface area is 212 Å². The lowest BCUT2D eigenvalue weighted by molar-refractivity contribution is 0.177. The molecule has 0 bridgehead atoms. The second kappa shape index (κ2) is 13.4. The fourth-order valence-corrected chi connectivity index (χ4v) is 3.79. The number of hydrogen-bond acceptors (Lipinski definition) is 7. The van der Waals surface area contributed by atoms with Crippen molar-refractivity contribution in [1.82, 2.24) is 25.4 Å². The van der Waals surface area contributed by atoms with Gasteiger partial charge < -0.3 is 29.6 Å². The van der Waals surface area contributed by atoms with Gasteiger partial charge in [0.15, 0.2) is 11.8 Å². The molecule has 0 spiro atoms. The molecule has 2 N–H and O–H groups in total. The molecular formula is C22H35IN6O4. The Hall–Kier alpha value is -2.28. The standard InChI is InChI=1S/C22H34N6O4.HI/c1-6-23-22(25-15-7-8-21-26-20(14-29-2)27-28(21)13-15)24-10-9-17-18(31-4)11-16(30-3)12-19(17)32-5;/h11-12,15H,6-10,13-14H2,1-5H3,(H2,23,24,25);1H. The maximum atomic E-state index is 5.55. The van der Waals surface area contributed by atoms with Gasteiger partial charge in [0, 0.05) is 50.4 Å². The van der Waals surface area contributed by atoms with Gasteiger partial charge in [-0.05, 0) is 19.8 Å². The van der Waals surface area contributed by atoms with E-state index in [4.69, 9.17) is 23.9 Å². The third-order valence-electron chi connectivity index (χ3n) is 5.31. The monoisotopic (exact) mass is 574 g/mol. The van der Waals surface area contributed by atoms with E-state index >= 15 is 0 Å². The highest BCUT2D eigenvalue weighted by Crippen LogP contribution is 2.34. The van der Waals surface area contributed by atoms with Crippen molar-refractivity contribution in [2.24, 2.45) is 4.99 Å². The number of benzene rings is 1. The van der Waals surface area contributed by atoms with Crippen LogP contribution in [0.1, 0.15) is 30.6 Å². The third kappa shape index (κ3) is 7.10. The number of aliphatic imine (C=N–C) groups is 1. The van der Waals surface area contributed by atoms with Crippen molar-refractivity contribution in [3.05, 3.63) is 29.3 Å². The SMILES string of the molecule is CCNC(=NCCc1c(OC)cc(OC)cc1OC)NC1CCc2nc(COC)nn2C1.I. The summed E-state index contributed by atoms with van der Waals surface area (Å²) in [5, 5.41) is 11.4. The van der Waals surface area contributed by atoms with Gasteiger partial charge in [0.1, 0.15) is 29.7 Å². The Kier molecular flexibility index (Phi) is 11.0. The van der Waals surface area contributed by atoms with E-state index in [9.17, 15) is 0 Å². The lowest BCUT2D eigenvalue weighted by Crippen LogP contribution is -2.47. The van der Waals surface area contributed by atoms with E-state index < -0.39 is 0 Å². The molecule has 0 radical (unpaired) electrons. The van der Waals surface area contributed by atoms with Crippen LogP contribution in [0.2, 0.25) is 0 Å². The maximum absolute atomic E-state index is 5.55. The van der Waals surface area contributed by atoms with Crippen molar-refractivity contribution >= 4 is 29.9 Å². The van der Waals surface area contributed by atoms with E-state index in [1.807, 2.05) is 16.8 Å². The van der Waals surface area contributed by atoms with Crippen molar-refractivity contribution in [1.29, 1.82) is 0 Å². The minimum absolute atomic E-state index is 0. The van der Waals surface area contributed by atoms with Crippen molar-refractivity contribution in [2.75, 3.05) is 41.5 Å². The van der Waals surface area contributed by atoms with E-state index in [1.165, 1.54) is 0 Å². The summed E-state index contributed by atoms with van der Waals surface area (Å²) in [5.74, 6) is 4.67. The van der Waals surface area contributed by atoms with Crippen LogP contribution in [0.5, 0.6) is 17.2 Å². The first-order valence-electron chi connectivity index (χ1n) is 10.9. The lowest BCUT2D eigenvalue weighted by Gasteiger charge is -2.25. The Balaban J connectivity index is 0.00000385. The summed E-state index contributed by atoms with van der Waals surface area (Å²) in [6.45, 7) is 4.59. The number of halogens is 1. The number of rotatable bonds is 10. The summed E-state index contributed by atoms with van der Waals surface area (Å²) in [5.41, 5.74) is 0.964. The molecule has 1 aromatic carbocycles. The molecule has 0 saturated heterocycles. The zero-order chi connectivity index (χ0) is 22.9. The van der Waals surface area contributed by atoms with E-state index in [1.54, 1.807) is 28.4 Å². The highest BCUT2D eigenvalue weighted by molar-refractivity contribution is 14.0. The average molecular weight is 574 g/mol. The predicted octanol–water partition coefficient (Wildman–Crippen LogP) is 2.18. The number of nitrogens with zero attached hydrogens (tertiary/aromatic N) is 4. The number of ether oxygens (including phenoxy) is 4. The number of methoxy groups -OCH3 is 4. The van der Waals surface area contributed by atoms with E-state index in [0.717, 1.165) is 60.6 Å². The van der Waals surface area contributed by atoms with Gasteiger partial charge in [-0.25, -0.2) is 9.67 Å². The summed E-state index contributed by atoms with van der Waals surface area (Å²) in [7, 11) is 6.57. The van der Waals surface area contributed by atoms with E-state index in [2.05, 4.69) is 27.6 Å². The second-order valence-electron chi connectivity index (χ2n) is 7.46. The molecule has 2 aromatic rings. The number of nitrogens with one attached hydrogen (secondary N) is 2. The number of fused-ring (bicyclic) bond motifs is 1. The molecule has 1 aliphatic rings.